The van der Waals surface area contributed by atoms with Gasteiger partial charge in [-0.3, -0.25) is 4.79 Å². The fraction of sp³-hybridized carbons (Fsp3) is 0.0526. The van der Waals surface area contributed by atoms with Gasteiger partial charge in [0.15, 0.2) is 11.5 Å². The lowest BCUT2D eigenvalue weighted by Gasteiger charge is -2.01. The topological polar surface area (TPSA) is 79.8 Å². The summed E-state index contributed by atoms with van der Waals surface area (Å²) in [4.78, 5) is 28.9. The Bertz CT molecular complexity index is 1140. The van der Waals surface area contributed by atoms with Gasteiger partial charge in [0.25, 0.3) is 0 Å². The summed E-state index contributed by atoms with van der Waals surface area (Å²) in [5.41, 5.74) is 0.811. The van der Waals surface area contributed by atoms with E-state index in [1.165, 1.54) is 11.8 Å². The monoisotopic (exact) mass is 364 g/mol. The van der Waals surface area contributed by atoms with Gasteiger partial charge in [0, 0.05) is 5.39 Å². The summed E-state index contributed by atoms with van der Waals surface area (Å²) in [6, 6.07) is 18.3. The van der Waals surface area contributed by atoms with E-state index in [0.29, 0.717) is 10.7 Å². The van der Waals surface area contributed by atoms with E-state index < -0.39 is 5.63 Å². The van der Waals surface area contributed by atoms with E-state index in [1.54, 1.807) is 35.3 Å². The van der Waals surface area contributed by atoms with Crippen molar-refractivity contribution in [3.63, 3.8) is 0 Å². The molecule has 0 aliphatic carbocycles. The second kappa shape index (κ2) is 6.97. The van der Waals surface area contributed by atoms with E-state index >= 15 is 0 Å². The van der Waals surface area contributed by atoms with Crippen LogP contribution in [0.5, 0.6) is 0 Å². The summed E-state index contributed by atoms with van der Waals surface area (Å²) in [5.74, 6) is -0.210. The van der Waals surface area contributed by atoms with Gasteiger partial charge in [-0.2, -0.15) is 5.10 Å². The van der Waals surface area contributed by atoms with Crippen molar-refractivity contribution in [2.24, 2.45) is 0 Å². The summed E-state index contributed by atoms with van der Waals surface area (Å²) < 4.78 is 7.01. The zero-order valence-electron chi connectivity index (χ0n) is 13.6. The molecule has 0 saturated carbocycles. The number of ketones is 1. The first-order chi connectivity index (χ1) is 12.7. The molecule has 1 N–H and O–H groups in total. The summed E-state index contributed by atoms with van der Waals surface area (Å²) in [5, 5.41) is 4.37. The Morgan fingerprint density at radius 3 is 2.73 bits per heavy atom. The molecule has 0 saturated heterocycles. The number of aromatic nitrogens is 3. The van der Waals surface area contributed by atoms with Crippen LogP contribution in [-0.2, 0) is 0 Å². The van der Waals surface area contributed by atoms with Crippen LogP contribution in [0.25, 0.3) is 16.7 Å². The molecule has 26 heavy (non-hydrogen) atoms. The van der Waals surface area contributed by atoms with Crippen molar-refractivity contribution in [2.75, 3.05) is 5.75 Å². The quantitative estimate of drug-likeness (QED) is 0.255. The van der Waals surface area contributed by atoms with Crippen LogP contribution < -0.4 is 10.3 Å². The lowest BCUT2D eigenvalue weighted by Crippen LogP contribution is -2.34. The van der Waals surface area contributed by atoms with Crippen LogP contribution in [0.3, 0.4) is 0 Å². The number of hydrogen-bond donors (Lipinski definition) is 1. The van der Waals surface area contributed by atoms with Gasteiger partial charge in [0.05, 0.1) is 5.75 Å². The van der Waals surface area contributed by atoms with Crippen molar-refractivity contribution < 1.29 is 13.9 Å². The summed E-state index contributed by atoms with van der Waals surface area (Å²) in [6.07, 6.45) is 1.56. The van der Waals surface area contributed by atoms with Gasteiger partial charge in [-0.25, -0.2) is 4.79 Å². The number of rotatable bonds is 5. The maximum absolute atomic E-state index is 12.5. The molecule has 0 bridgehead atoms. The van der Waals surface area contributed by atoms with E-state index in [0.717, 1.165) is 11.1 Å². The SMILES string of the molecule is O=C(CSc1nc[nH][n+]1-c1ccccc1)c1cc2ccccc2oc1=O. The van der Waals surface area contributed by atoms with Gasteiger partial charge in [0.2, 0.25) is 6.33 Å². The number of thioether (sulfide) groups is 1. The highest BCUT2D eigenvalue weighted by atomic mass is 32.2. The first-order valence-electron chi connectivity index (χ1n) is 7.92. The molecule has 2 aromatic heterocycles. The lowest BCUT2D eigenvalue weighted by molar-refractivity contribution is -0.694. The number of H-pyrrole nitrogens is 1. The third-order valence-corrected chi connectivity index (χ3v) is 4.79. The minimum atomic E-state index is -0.618. The molecule has 2 heterocycles. The third kappa shape index (κ3) is 3.16. The maximum atomic E-state index is 12.5. The van der Waals surface area contributed by atoms with Gasteiger partial charge < -0.3 is 4.42 Å². The molecule has 0 aliphatic heterocycles. The van der Waals surface area contributed by atoms with Gasteiger partial charge in [-0.1, -0.05) is 36.4 Å². The molecule has 128 valence electrons. The number of fused-ring (bicyclic) bond motifs is 1. The van der Waals surface area contributed by atoms with Gasteiger partial charge >= 0.3 is 10.8 Å². The standard InChI is InChI=1S/C19H13N3O3S/c23-16(15-10-13-6-4-5-9-17(13)25-18(15)24)11-26-19-20-12-21-22(19)14-7-2-1-3-8-14/h1-10,12H,11H2/p+1. The van der Waals surface area contributed by atoms with Crippen LogP contribution >= 0.6 is 11.8 Å². The highest BCUT2D eigenvalue weighted by Gasteiger charge is 2.21. The second-order valence-electron chi connectivity index (χ2n) is 5.54. The van der Waals surface area contributed by atoms with Gasteiger partial charge in [-0.15, -0.1) is 4.68 Å². The highest BCUT2D eigenvalue weighted by molar-refractivity contribution is 7.99. The Kier molecular flexibility index (Phi) is 4.37. The van der Waals surface area contributed by atoms with Gasteiger partial charge in [0.1, 0.15) is 11.1 Å². The zero-order chi connectivity index (χ0) is 17.9. The number of carbonyl (C=O) groups excluding carboxylic acids is 1. The molecule has 0 radical (unpaired) electrons. The van der Waals surface area contributed by atoms with Crippen molar-refractivity contribution in [3.05, 3.63) is 83.0 Å². The normalized spacial score (nSPS) is 10.9. The summed E-state index contributed by atoms with van der Waals surface area (Å²) in [7, 11) is 0. The van der Waals surface area contributed by atoms with E-state index in [2.05, 4.69) is 10.1 Å². The number of benzene rings is 2. The molecule has 6 nitrogen and oxygen atoms in total. The predicted octanol–water partition coefficient (Wildman–Crippen LogP) is 2.77. The Morgan fingerprint density at radius 1 is 1.12 bits per heavy atom. The number of aromatic amines is 1. The first-order valence-corrected chi connectivity index (χ1v) is 8.91. The predicted molar refractivity (Wildman–Crippen MR) is 97.7 cm³/mol. The Labute approximate surface area is 152 Å². The summed E-state index contributed by atoms with van der Waals surface area (Å²) in [6.45, 7) is 0. The van der Waals surface area contributed by atoms with Crippen molar-refractivity contribution >= 4 is 28.5 Å². The number of para-hydroxylation sites is 2. The number of carbonyl (C=O) groups is 1. The van der Waals surface area contributed by atoms with Crippen molar-refractivity contribution in [3.8, 4) is 5.69 Å². The van der Waals surface area contributed by atoms with Crippen LogP contribution in [0, 0.1) is 0 Å². The molecule has 0 unspecified atom stereocenters. The Hall–Kier alpha value is -3.19. The molecular formula is C19H14N3O3S+. The number of nitrogens with one attached hydrogen (secondary N) is 1. The molecule has 0 amide bonds. The average Bonchev–Trinajstić information content (AvgIpc) is 3.15. The minimum Gasteiger partial charge on any atom is -0.422 e. The molecule has 0 spiro atoms. The largest absolute Gasteiger partial charge is 0.422 e. The zero-order valence-corrected chi connectivity index (χ0v) is 14.4. The van der Waals surface area contributed by atoms with E-state index in [-0.39, 0.29) is 17.1 Å². The van der Waals surface area contributed by atoms with Crippen LogP contribution in [-0.4, -0.2) is 21.6 Å². The van der Waals surface area contributed by atoms with E-state index in [9.17, 15) is 9.59 Å². The van der Waals surface area contributed by atoms with Crippen LogP contribution in [0.15, 0.2) is 81.4 Å². The van der Waals surface area contributed by atoms with Crippen LogP contribution in [0.2, 0.25) is 0 Å². The number of Topliss-reactive ketones (excluding diaryl/α,β-unsaturated/α-hetero) is 1. The Morgan fingerprint density at radius 2 is 1.88 bits per heavy atom. The highest BCUT2D eigenvalue weighted by Crippen LogP contribution is 2.16. The molecule has 0 fully saturated rings. The molecule has 7 heteroatoms. The molecule has 4 aromatic rings. The van der Waals surface area contributed by atoms with Crippen molar-refractivity contribution in [1.29, 1.82) is 0 Å². The fourth-order valence-corrected chi connectivity index (χ4v) is 3.41. The lowest BCUT2D eigenvalue weighted by atomic mass is 10.1. The molecule has 0 aliphatic rings. The van der Waals surface area contributed by atoms with Crippen LogP contribution in [0.1, 0.15) is 10.4 Å². The molecule has 2 aromatic carbocycles. The van der Waals surface area contributed by atoms with E-state index in [4.69, 9.17) is 4.42 Å². The number of hydrogen-bond acceptors (Lipinski definition) is 5. The molecular weight excluding hydrogens is 350 g/mol. The minimum absolute atomic E-state index is 0.0537. The van der Waals surface area contributed by atoms with Crippen LogP contribution in [0.4, 0.5) is 0 Å². The molecule has 4 rings (SSSR count). The first kappa shape index (κ1) is 16.3. The summed E-state index contributed by atoms with van der Waals surface area (Å²) >= 11 is 1.26. The average molecular weight is 364 g/mol. The third-order valence-electron chi connectivity index (χ3n) is 3.84. The second-order valence-corrected chi connectivity index (χ2v) is 6.48. The van der Waals surface area contributed by atoms with Gasteiger partial charge in [-0.05, 0) is 41.0 Å². The molecule has 0 atom stereocenters. The maximum Gasteiger partial charge on any atom is 0.385 e. The smallest absolute Gasteiger partial charge is 0.385 e. The van der Waals surface area contributed by atoms with Crippen molar-refractivity contribution in [2.45, 2.75) is 5.16 Å². The van der Waals surface area contributed by atoms with E-state index in [1.807, 2.05) is 36.4 Å². The fourth-order valence-electron chi connectivity index (χ4n) is 2.58. The number of nitrogens with zero attached hydrogens (tertiary/aromatic N) is 2. The van der Waals surface area contributed by atoms with Crippen molar-refractivity contribution in [1.82, 2.24) is 10.1 Å². The Balaban J connectivity index is 1.56.